The van der Waals surface area contributed by atoms with E-state index in [4.69, 9.17) is 16.3 Å². The molecule has 2 aliphatic heterocycles. The van der Waals surface area contributed by atoms with E-state index in [1.165, 1.54) is 0 Å². The highest BCUT2D eigenvalue weighted by molar-refractivity contribution is 6.30. The first-order valence-electron chi connectivity index (χ1n) is 13.6. The number of benzene rings is 5. The lowest BCUT2D eigenvalue weighted by Crippen LogP contribution is -2.54. The van der Waals surface area contributed by atoms with Gasteiger partial charge in [-0.25, -0.2) is 0 Å². The number of para-hydroxylation sites is 1. The maximum atomic E-state index is 15.4. The maximum Gasteiger partial charge on any atom is 0.308 e. The lowest BCUT2D eigenvalue weighted by atomic mass is 9.74. The van der Waals surface area contributed by atoms with Gasteiger partial charge in [0.05, 0.1) is 12.1 Å². The Kier molecular flexibility index (Phi) is 6.02. The van der Waals surface area contributed by atoms with Gasteiger partial charge in [-0.05, 0) is 40.5 Å². The van der Waals surface area contributed by atoms with Crippen molar-refractivity contribution in [3.05, 3.63) is 172 Å². The van der Waals surface area contributed by atoms with E-state index in [0.717, 1.165) is 22.3 Å². The van der Waals surface area contributed by atoms with Gasteiger partial charge >= 0.3 is 5.97 Å². The first-order chi connectivity index (χ1) is 20.1. The van der Waals surface area contributed by atoms with Crippen molar-refractivity contribution in [3.63, 3.8) is 0 Å². The summed E-state index contributed by atoms with van der Waals surface area (Å²) in [6, 6.07) is 45.2. The third kappa shape index (κ3) is 3.68. The predicted molar refractivity (Wildman–Crippen MR) is 160 cm³/mol. The van der Waals surface area contributed by atoms with E-state index in [1.54, 1.807) is 12.1 Å². The average Bonchev–Trinajstić information content (AvgIpc) is 3.50. The van der Waals surface area contributed by atoms with Crippen molar-refractivity contribution in [3.8, 4) is 0 Å². The van der Waals surface area contributed by atoms with Crippen LogP contribution in [0.2, 0.25) is 5.02 Å². The van der Waals surface area contributed by atoms with Gasteiger partial charge in [0.2, 0.25) is 5.60 Å². The highest BCUT2D eigenvalue weighted by atomic mass is 35.5. The molecule has 2 atom stereocenters. The smallest absolute Gasteiger partial charge is 0.308 e. The molecule has 200 valence electrons. The summed E-state index contributed by atoms with van der Waals surface area (Å²) < 4.78 is 6.22. The van der Waals surface area contributed by atoms with Gasteiger partial charge in [0.15, 0.2) is 0 Å². The molecular formula is C36H26ClNO3. The fraction of sp³-hybridized carbons (Fsp3) is 0.111. The third-order valence-electron chi connectivity index (χ3n) is 8.38. The van der Waals surface area contributed by atoms with Crippen LogP contribution in [0, 0.1) is 0 Å². The van der Waals surface area contributed by atoms with E-state index in [0.29, 0.717) is 16.3 Å². The van der Waals surface area contributed by atoms with E-state index in [-0.39, 0.29) is 12.3 Å². The highest BCUT2D eigenvalue weighted by Gasteiger charge is 2.66. The molecule has 2 aliphatic rings. The number of hydrogen-bond acceptors (Lipinski definition) is 3. The molecule has 4 nitrogen and oxygen atoms in total. The lowest BCUT2D eigenvalue weighted by molar-refractivity contribution is -0.158. The van der Waals surface area contributed by atoms with Crippen molar-refractivity contribution in [2.45, 2.75) is 23.5 Å². The number of carbonyl (C=O) groups excluding carboxylic acids is 2. The third-order valence-corrected chi connectivity index (χ3v) is 8.64. The molecule has 5 heteroatoms. The van der Waals surface area contributed by atoms with Crippen molar-refractivity contribution in [2.24, 2.45) is 0 Å². The maximum absolute atomic E-state index is 15.4. The minimum absolute atomic E-state index is 0.0879. The molecule has 5 aromatic carbocycles. The Morgan fingerprint density at radius 1 is 0.659 bits per heavy atom. The minimum Gasteiger partial charge on any atom is -0.443 e. The van der Waals surface area contributed by atoms with Gasteiger partial charge in [0.25, 0.3) is 5.91 Å². The number of ether oxygens (including phenoxy) is 1. The molecular weight excluding hydrogens is 530 g/mol. The van der Waals surface area contributed by atoms with Crippen LogP contribution in [0.3, 0.4) is 0 Å². The Hall–Kier alpha value is -4.67. The van der Waals surface area contributed by atoms with Gasteiger partial charge in [-0.3, -0.25) is 14.5 Å². The quantitative estimate of drug-likeness (QED) is 0.166. The van der Waals surface area contributed by atoms with Crippen LogP contribution in [0.25, 0.3) is 0 Å². The molecule has 0 aliphatic carbocycles. The number of fused-ring (bicyclic) bond motifs is 2. The Balaban J connectivity index is 1.56. The number of carbonyl (C=O) groups is 2. The minimum atomic E-state index is -1.52. The second-order valence-electron chi connectivity index (χ2n) is 10.5. The molecule has 0 radical (unpaired) electrons. The molecule has 1 amide bonds. The fourth-order valence-corrected chi connectivity index (χ4v) is 6.84. The van der Waals surface area contributed by atoms with Crippen molar-refractivity contribution in [1.29, 1.82) is 0 Å². The van der Waals surface area contributed by atoms with Crippen LogP contribution < -0.4 is 4.90 Å². The molecule has 41 heavy (non-hydrogen) atoms. The number of halogens is 1. The van der Waals surface area contributed by atoms with Crippen molar-refractivity contribution < 1.29 is 14.3 Å². The molecule has 0 bridgehead atoms. The molecule has 0 aromatic heterocycles. The summed E-state index contributed by atoms with van der Waals surface area (Å²) in [5.41, 5.74) is 2.41. The van der Waals surface area contributed by atoms with Gasteiger partial charge < -0.3 is 4.74 Å². The first kappa shape index (κ1) is 25.3. The number of amides is 1. The van der Waals surface area contributed by atoms with Gasteiger partial charge in [0, 0.05) is 16.5 Å². The number of hydrogen-bond donors (Lipinski definition) is 0. The number of nitrogens with zero attached hydrogens (tertiary/aromatic N) is 1. The van der Waals surface area contributed by atoms with Crippen LogP contribution in [0.1, 0.15) is 40.2 Å². The molecule has 7 rings (SSSR count). The summed E-state index contributed by atoms with van der Waals surface area (Å²) in [6.07, 6.45) is 0.0879. The Labute approximate surface area is 243 Å². The molecule has 0 unspecified atom stereocenters. The second kappa shape index (κ2) is 9.76. The van der Waals surface area contributed by atoms with Crippen LogP contribution in [-0.4, -0.2) is 11.9 Å². The highest BCUT2D eigenvalue weighted by Crippen LogP contribution is 2.59. The molecule has 1 saturated heterocycles. The standard InChI is InChI=1S/C36H26ClNO3/c37-29-22-20-25(21-23-29)31-24-33(39)41-36(31)30-18-10-11-19-32(30)38(34(36)40)35(26-12-4-1-5-13-26,27-14-6-2-7-15-27)28-16-8-3-9-17-28/h1-23,31H,24H2/t31-,36-/m0/s1. The van der Waals surface area contributed by atoms with Gasteiger partial charge in [-0.15, -0.1) is 0 Å². The summed E-state index contributed by atoms with van der Waals surface area (Å²) in [5, 5.41) is 0.587. The van der Waals surface area contributed by atoms with Crippen LogP contribution in [-0.2, 0) is 25.5 Å². The molecule has 2 heterocycles. The summed E-state index contributed by atoms with van der Waals surface area (Å²) in [6.45, 7) is 0. The summed E-state index contributed by atoms with van der Waals surface area (Å²) in [5.74, 6) is -1.20. The summed E-state index contributed by atoms with van der Waals surface area (Å²) in [7, 11) is 0. The fourth-order valence-electron chi connectivity index (χ4n) is 6.72. The molecule has 5 aromatic rings. The Bertz CT molecular complexity index is 1640. The zero-order valence-corrected chi connectivity index (χ0v) is 22.9. The number of anilines is 1. The van der Waals surface area contributed by atoms with Gasteiger partial charge in [-0.1, -0.05) is 133 Å². The number of rotatable bonds is 5. The van der Waals surface area contributed by atoms with Crippen molar-refractivity contribution >= 4 is 29.2 Å². The molecule has 0 saturated carbocycles. The Morgan fingerprint density at radius 3 is 1.68 bits per heavy atom. The van der Waals surface area contributed by atoms with E-state index < -0.39 is 23.0 Å². The summed E-state index contributed by atoms with van der Waals surface area (Å²) in [4.78, 5) is 30.4. The number of esters is 1. The van der Waals surface area contributed by atoms with E-state index in [2.05, 4.69) is 36.4 Å². The van der Waals surface area contributed by atoms with Gasteiger partial charge in [0.1, 0.15) is 5.54 Å². The Morgan fingerprint density at radius 2 is 1.15 bits per heavy atom. The van der Waals surface area contributed by atoms with E-state index in [1.807, 2.05) is 95.9 Å². The topological polar surface area (TPSA) is 46.6 Å². The van der Waals surface area contributed by atoms with Crippen LogP contribution in [0.5, 0.6) is 0 Å². The average molecular weight is 556 g/mol. The molecule has 0 N–H and O–H groups in total. The molecule has 1 spiro atoms. The van der Waals surface area contributed by atoms with E-state index >= 15 is 4.79 Å². The van der Waals surface area contributed by atoms with Crippen molar-refractivity contribution in [2.75, 3.05) is 4.90 Å². The van der Waals surface area contributed by atoms with Gasteiger partial charge in [-0.2, -0.15) is 0 Å². The largest absolute Gasteiger partial charge is 0.443 e. The SMILES string of the molecule is O=C1C[C@@H](c2ccc(Cl)cc2)[C@]2(O1)C(=O)N(C(c1ccccc1)(c1ccccc1)c1ccccc1)c1ccccc12. The zero-order valence-electron chi connectivity index (χ0n) is 22.1. The predicted octanol–water partition coefficient (Wildman–Crippen LogP) is 7.60. The molecule has 1 fully saturated rings. The second-order valence-corrected chi connectivity index (χ2v) is 10.9. The summed E-state index contributed by atoms with van der Waals surface area (Å²) >= 11 is 6.22. The zero-order chi connectivity index (χ0) is 28.0. The monoisotopic (exact) mass is 555 g/mol. The van der Waals surface area contributed by atoms with Crippen molar-refractivity contribution in [1.82, 2.24) is 0 Å². The lowest BCUT2D eigenvalue weighted by Gasteiger charge is -2.44. The first-order valence-corrected chi connectivity index (χ1v) is 14.0. The van der Waals surface area contributed by atoms with Crippen LogP contribution >= 0.6 is 11.6 Å². The van der Waals surface area contributed by atoms with E-state index in [9.17, 15) is 4.79 Å². The normalized spacial score (nSPS) is 19.8. The van der Waals surface area contributed by atoms with Crippen LogP contribution in [0.15, 0.2) is 140 Å². The van der Waals surface area contributed by atoms with Crippen LogP contribution in [0.4, 0.5) is 5.69 Å².